The van der Waals surface area contributed by atoms with Gasteiger partial charge in [-0.1, -0.05) is 12.1 Å². The Morgan fingerprint density at radius 2 is 2.07 bits per heavy atom. The van der Waals surface area contributed by atoms with Gasteiger partial charge in [0.25, 0.3) is 0 Å². The van der Waals surface area contributed by atoms with Crippen LogP contribution in [0.15, 0.2) is 28.5 Å². The Balaban J connectivity index is 2.55. The topological polar surface area (TPSA) is 12.9 Å². The molecule has 1 aromatic carbocycles. The molecule has 0 radical (unpaired) electrons. The van der Waals surface area contributed by atoms with E-state index in [1.54, 1.807) is 18.2 Å². The Bertz CT molecular complexity index is 445. The van der Waals surface area contributed by atoms with Crippen molar-refractivity contribution in [2.75, 3.05) is 0 Å². The summed E-state index contributed by atoms with van der Waals surface area (Å²) in [7, 11) is 0. The fourth-order valence-corrected chi connectivity index (χ4v) is 2.28. The monoisotopic (exact) mass is 225 g/mol. The minimum absolute atomic E-state index is 0.241. The molecule has 0 unspecified atom stereocenters. The summed E-state index contributed by atoms with van der Waals surface area (Å²) in [6.07, 6.45) is 0. The van der Waals surface area contributed by atoms with E-state index in [4.69, 9.17) is 0 Å². The smallest absolute Gasteiger partial charge is 0.133 e. The first-order chi connectivity index (χ1) is 6.68. The van der Waals surface area contributed by atoms with Crippen LogP contribution in [0, 0.1) is 12.7 Å². The van der Waals surface area contributed by atoms with Gasteiger partial charge in [-0.3, -0.25) is 0 Å². The van der Waals surface area contributed by atoms with Crippen molar-refractivity contribution in [3.8, 4) is 10.6 Å². The van der Waals surface area contributed by atoms with E-state index in [1.807, 2.05) is 6.92 Å². The molecule has 4 heteroatoms. The van der Waals surface area contributed by atoms with E-state index < -0.39 is 0 Å². The van der Waals surface area contributed by atoms with Gasteiger partial charge in [0, 0.05) is 5.56 Å². The number of aryl methyl sites for hydroxylation is 1. The number of thiol groups is 1. The molecule has 0 amide bonds. The van der Waals surface area contributed by atoms with Gasteiger partial charge in [0.2, 0.25) is 0 Å². The maximum atomic E-state index is 13.4. The lowest BCUT2D eigenvalue weighted by Crippen LogP contribution is -1.82. The van der Waals surface area contributed by atoms with Crippen LogP contribution in [0.2, 0.25) is 0 Å². The number of nitrogens with zero attached hydrogens (tertiary/aromatic N) is 1. The van der Waals surface area contributed by atoms with Crippen molar-refractivity contribution in [2.45, 2.75) is 11.1 Å². The van der Waals surface area contributed by atoms with Gasteiger partial charge in [-0.25, -0.2) is 9.37 Å². The summed E-state index contributed by atoms with van der Waals surface area (Å²) in [6.45, 7) is 1.86. The molecule has 0 atom stereocenters. The molecule has 0 aliphatic heterocycles. The van der Waals surface area contributed by atoms with E-state index in [1.165, 1.54) is 17.4 Å². The Morgan fingerprint density at radius 3 is 2.64 bits per heavy atom. The maximum absolute atomic E-state index is 13.4. The molecule has 1 aromatic heterocycles. The van der Waals surface area contributed by atoms with Crippen molar-refractivity contribution in [2.24, 2.45) is 0 Å². The van der Waals surface area contributed by atoms with Crippen LogP contribution < -0.4 is 0 Å². The van der Waals surface area contributed by atoms with E-state index in [0.29, 0.717) is 10.6 Å². The second-order valence-electron chi connectivity index (χ2n) is 2.89. The lowest BCUT2D eigenvalue weighted by Gasteiger charge is -1.96. The molecule has 0 aliphatic carbocycles. The lowest BCUT2D eigenvalue weighted by molar-refractivity contribution is 0.631. The molecule has 0 saturated heterocycles. The minimum atomic E-state index is -0.241. The van der Waals surface area contributed by atoms with Crippen LogP contribution in [0.4, 0.5) is 4.39 Å². The molecule has 72 valence electrons. The molecular formula is C10H8FNS2. The van der Waals surface area contributed by atoms with Gasteiger partial charge in [0.05, 0.1) is 9.90 Å². The van der Waals surface area contributed by atoms with Gasteiger partial charge >= 0.3 is 0 Å². The highest BCUT2D eigenvalue weighted by Crippen LogP contribution is 2.31. The maximum Gasteiger partial charge on any atom is 0.133 e. The molecule has 1 heterocycles. The fourth-order valence-electron chi connectivity index (χ4n) is 1.14. The van der Waals surface area contributed by atoms with Crippen molar-refractivity contribution < 1.29 is 4.39 Å². The third kappa shape index (κ3) is 1.67. The van der Waals surface area contributed by atoms with Gasteiger partial charge in [-0.05, 0) is 19.1 Å². The first kappa shape index (κ1) is 9.68. The molecule has 0 spiro atoms. The first-order valence-electron chi connectivity index (χ1n) is 4.10. The Labute approximate surface area is 91.0 Å². The van der Waals surface area contributed by atoms with Crippen LogP contribution in [0.25, 0.3) is 10.6 Å². The number of rotatable bonds is 1. The zero-order valence-corrected chi connectivity index (χ0v) is 9.20. The van der Waals surface area contributed by atoms with Gasteiger partial charge in [0.1, 0.15) is 10.8 Å². The molecule has 1 nitrogen and oxygen atoms in total. The summed E-state index contributed by atoms with van der Waals surface area (Å²) in [5.74, 6) is -0.241. The molecule has 14 heavy (non-hydrogen) atoms. The average Bonchev–Trinajstić information content (AvgIpc) is 2.48. The average molecular weight is 225 g/mol. The van der Waals surface area contributed by atoms with Crippen molar-refractivity contribution in [1.29, 1.82) is 0 Å². The van der Waals surface area contributed by atoms with Crippen molar-refractivity contribution >= 4 is 24.0 Å². The van der Waals surface area contributed by atoms with Crippen LogP contribution in [0.1, 0.15) is 5.69 Å². The summed E-state index contributed by atoms with van der Waals surface area (Å²) < 4.78 is 14.2. The van der Waals surface area contributed by atoms with Crippen LogP contribution in [0.3, 0.4) is 0 Å². The van der Waals surface area contributed by atoms with Crippen molar-refractivity contribution in [1.82, 2.24) is 4.98 Å². The zero-order valence-electron chi connectivity index (χ0n) is 7.49. The summed E-state index contributed by atoms with van der Waals surface area (Å²) in [5.41, 5.74) is 1.39. The first-order valence-corrected chi connectivity index (χ1v) is 5.36. The van der Waals surface area contributed by atoms with E-state index in [0.717, 1.165) is 9.90 Å². The molecule has 0 N–H and O–H groups in total. The second-order valence-corrected chi connectivity index (χ2v) is 4.64. The van der Waals surface area contributed by atoms with E-state index in [9.17, 15) is 4.39 Å². The number of thiazole rings is 1. The molecule has 2 aromatic rings. The molecule has 0 saturated carbocycles. The van der Waals surface area contributed by atoms with Crippen molar-refractivity contribution in [3.63, 3.8) is 0 Å². The number of halogens is 1. The molecular weight excluding hydrogens is 217 g/mol. The van der Waals surface area contributed by atoms with Crippen molar-refractivity contribution in [3.05, 3.63) is 35.8 Å². The lowest BCUT2D eigenvalue weighted by atomic mass is 10.2. The van der Waals surface area contributed by atoms with Crippen LogP contribution in [-0.4, -0.2) is 4.98 Å². The largest absolute Gasteiger partial charge is 0.240 e. The van der Waals surface area contributed by atoms with E-state index in [2.05, 4.69) is 17.6 Å². The third-order valence-corrected chi connectivity index (χ3v) is 3.47. The number of benzene rings is 1. The summed E-state index contributed by atoms with van der Waals surface area (Å²) in [4.78, 5) is 4.24. The third-order valence-electron chi connectivity index (χ3n) is 1.88. The fraction of sp³-hybridized carbons (Fsp3) is 0.100. The molecule has 2 rings (SSSR count). The second kappa shape index (κ2) is 3.71. The normalized spacial score (nSPS) is 10.5. The zero-order chi connectivity index (χ0) is 10.1. The quantitative estimate of drug-likeness (QED) is 0.732. The van der Waals surface area contributed by atoms with Crippen LogP contribution in [-0.2, 0) is 0 Å². The standard InChI is InChI=1S/C10H8FNS2/c1-6-10(13)14-9(12-6)7-4-2-3-5-8(7)11/h2-5,13H,1H3. The van der Waals surface area contributed by atoms with Gasteiger partial charge in [-0.15, -0.1) is 24.0 Å². The molecule has 0 fully saturated rings. The summed E-state index contributed by atoms with van der Waals surface area (Å²) in [6, 6.07) is 6.62. The van der Waals surface area contributed by atoms with E-state index in [-0.39, 0.29) is 5.82 Å². The molecule has 0 bridgehead atoms. The van der Waals surface area contributed by atoms with Crippen LogP contribution >= 0.6 is 24.0 Å². The number of aromatic nitrogens is 1. The van der Waals surface area contributed by atoms with Gasteiger partial charge < -0.3 is 0 Å². The Kier molecular flexibility index (Phi) is 2.56. The highest BCUT2D eigenvalue weighted by Gasteiger charge is 2.09. The summed E-state index contributed by atoms with van der Waals surface area (Å²) >= 11 is 5.63. The predicted molar refractivity (Wildman–Crippen MR) is 59.5 cm³/mol. The highest BCUT2D eigenvalue weighted by molar-refractivity contribution is 7.83. The Hall–Kier alpha value is -0.870. The SMILES string of the molecule is Cc1nc(-c2ccccc2F)sc1S. The predicted octanol–water partition coefficient (Wildman–Crippen LogP) is 3.55. The van der Waals surface area contributed by atoms with Gasteiger partial charge in [0.15, 0.2) is 0 Å². The Morgan fingerprint density at radius 1 is 1.36 bits per heavy atom. The summed E-state index contributed by atoms with van der Waals surface area (Å²) in [5, 5.41) is 0.686. The number of hydrogen-bond donors (Lipinski definition) is 1. The van der Waals surface area contributed by atoms with Crippen LogP contribution in [0.5, 0.6) is 0 Å². The highest BCUT2D eigenvalue weighted by atomic mass is 32.2. The molecule has 0 aliphatic rings. The van der Waals surface area contributed by atoms with E-state index >= 15 is 0 Å². The van der Waals surface area contributed by atoms with Gasteiger partial charge in [-0.2, -0.15) is 0 Å². The minimum Gasteiger partial charge on any atom is -0.240 e. The number of hydrogen-bond acceptors (Lipinski definition) is 3.